The summed E-state index contributed by atoms with van der Waals surface area (Å²) in [5.41, 5.74) is 3.12. The Morgan fingerprint density at radius 1 is 1.11 bits per heavy atom. The summed E-state index contributed by atoms with van der Waals surface area (Å²) in [6.07, 6.45) is 4.31. The minimum Gasteiger partial charge on any atom is -0.372 e. The Morgan fingerprint density at radius 2 is 1.95 bits per heavy atom. The third-order valence-electron chi connectivity index (χ3n) is 3.71. The van der Waals surface area contributed by atoms with E-state index in [0.29, 0.717) is 6.42 Å². The number of piperidine rings is 1. The van der Waals surface area contributed by atoms with Crippen molar-refractivity contribution in [3.8, 4) is 6.07 Å². The van der Waals surface area contributed by atoms with Gasteiger partial charge in [-0.15, -0.1) is 0 Å². The lowest BCUT2D eigenvalue weighted by atomic mass is 10.1. The van der Waals surface area contributed by atoms with E-state index in [9.17, 15) is 0 Å². The summed E-state index contributed by atoms with van der Waals surface area (Å²) < 4.78 is 0. The molecule has 0 saturated carbocycles. The van der Waals surface area contributed by atoms with Crippen molar-refractivity contribution < 1.29 is 0 Å². The van der Waals surface area contributed by atoms with Gasteiger partial charge in [-0.25, -0.2) is 0 Å². The summed E-state index contributed by atoms with van der Waals surface area (Å²) in [4.78, 5) is 6.96. The zero-order valence-corrected chi connectivity index (χ0v) is 11.0. The highest BCUT2D eigenvalue weighted by Crippen LogP contribution is 2.24. The van der Waals surface area contributed by atoms with Gasteiger partial charge in [-0.3, -0.25) is 4.98 Å². The first-order valence-corrected chi connectivity index (χ1v) is 6.88. The molecule has 96 valence electrons. The Morgan fingerprint density at radius 3 is 2.74 bits per heavy atom. The van der Waals surface area contributed by atoms with Crippen LogP contribution in [0.3, 0.4) is 0 Å². The molecule has 0 bridgehead atoms. The normalized spacial score (nSPS) is 15.4. The van der Waals surface area contributed by atoms with Crippen molar-refractivity contribution in [1.82, 2.24) is 4.98 Å². The predicted octanol–water partition coefficient (Wildman–Crippen LogP) is 3.29. The number of nitrogens with zero attached hydrogens (tertiary/aromatic N) is 3. The van der Waals surface area contributed by atoms with E-state index < -0.39 is 0 Å². The van der Waals surface area contributed by atoms with Crippen LogP contribution in [0.2, 0.25) is 0 Å². The standard InChI is InChI=1S/C16H17N3/c17-9-8-14-5-4-13-12-15(6-7-16(13)18-14)19-10-2-1-3-11-19/h4-7,12H,1-3,8,10-11H2. The van der Waals surface area contributed by atoms with Gasteiger partial charge in [-0.1, -0.05) is 6.07 Å². The Kier molecular flexibility index (Phi) is 3.33. The summed E-state index contributed by atoms with van der Waals surface area (Å²) in [7, 11) is 0. The molecule has 19 heavy (non-hydrogen) atoms. The van der Waals surface area contributed by atoms with Crippen LogP contribution in [0.25, 0.3) is 10.9 Å². The third kappa shape index (κ3) is 2.53. The molecule has 2 heterocycles. The molecule has 0 spiro atoms. The maximum Gasteiger partial charge on any atom is 0.0774 e. The fraction of sp³-hybridized carbons (Fsp3) is 0.375. The number of aromatic nitrogens is 1. The Bertz CT molecular complexity index is 621. The largest absolute Gasteiger partial charge is 0.372 e. The van der Waals surface area contributed by atoms with Crippen LogP contribution in [0, 0.1) is 11.3 Å². The molecule has 0 radical (unpaired) electrons. The fourth-order valence-electron chi connectivity index (χ4n) is 2.68. The number of hydrogen-bond acceptors (Lipinski definition) is 3. The topological polar surface area (TPSA) is 39.9 Å². The molecule has 0 amide bonds. The van der Waals surface area contributed by atoms with Crippen molar-refractivity contribution in [3.63, 3.8) is 0 Å². The van der Waals surface area contributed by atoms with Gasteiger partial charge < -0.3 is 4.90 Å². The molecule has 0 atom stereocenters. The van der Waals surface area contributed by atoms with Crippen LogP contribution < -0.4 is 4.90 Å². The van der Waals surface area contributed by atoms with Gasteiger partial charge in [0.1, 0.15) is 0 Å². The second-order valence-corrected chi connectivity index (χ2v) is 5.06. The van der Waals surface area contributed by atoms with Gasteiger partial charge >= 0.3 is 0 Å². The van der Waals surface area contributed by atoms with E-state index in [0.717, 1.165) is 29.7 Å². The average Bonchev–Trinajstić information content (AvgIpc) is 2.48. The average molecular weight is 251 g/mol. The summed E-state index contributed by atoms with van der Waals surface area (Å²) in [5.74, 6) is 0. The second-order valence-electron chi connectivity index (χ2n) is 5.06. The highest BCUT2D eigenvalue weighted by atomic mass is 15.1. The van der Waals surface area contributed by atoms with E-state index in [4.69, 9.17) is 5.26 Å². The molecular formula is C16H17N3. The Balaban J connectivity index is 1.93. The molecule has 1 aromatic carbocycles. The number of nitriles is 1. The van der Waals surface area contributed by atoms with Crippen LogP contribution in [0.15, 0.2) is 30.3 Å². The van der Waals surface area contributed by atoms with Gasteiger partial charge in [-0.2, -0.15) is 5.26 Å². The van der Waals surface area contributed by atoms with Crippen LogP contribution in [-0.4, -0.2) is 18.1 Å². The molecule has 3 nitrogen and oxygen atoms in total. The number of fused-ring (bicyclic) bond motifs is 1. The summed E-state index contributed by atoms with van der Waals surface area (Å²) in [6, 6.07) is 12.6. The van der Waals surface area contributed by atoms with Crippen molar-refractivity contribution in [2.24, 2.45) is 0 Å². The van der Waals surface area contributed by atoms with Crippen molar-refractivity contribution in [2.75, 3.05) is 18.0 Å². The molecular weight excluding hydrogens is 234 g/mol. The molecule has 1 saturated heterocycles. The monoisotopic (exact) mass is 251 g/mol. The van der Waals surface area contributed by atoms with Gasteiger partial charge in [0.25, 0.3) is 0 Å². The molecule has 3 heteroatoms. The van der Waals surface area contributed by atoms with Crippen molar-refractivity contribution in [1.29, 1.82) is 5.26 Å². The Labute approximate surface area is 113 Å². The maximum atomic E-state index is 8.71. The zero-order chi connectivity index (χ0) is 13.1. The number of hydrogen-bond donors (Lipinski definition) is 0. The fourth-order valence-corrected chi connectivity index (χ4v) is 2.68. The highest BCUT2D eigenvalue weighted by molar-refractivity contribution is 5.82. The first kappa shape index (κ1) is 12.0. The molecule has 0 unspecified atom stereocenters. The second kappa shape index (κ2) is 5.27. The molecule has 3 rings (SSSR count). The minimum absolute atomic E-state index is 0.379. The van der Waals surface area contributed by atoms with E-state index in [1.807, 2.05) is 6.07 Å². The van der Waals surface area contributed by atoms with E-state index in [2.05, 4.69) is 40.2 Å². The summed E-state index contributed by atoms with van der Waals surface area (Å²) >= 11 is 0. The van der Waals surface area contributed by atoms with Crippen LogP contribution in [-0.2, 0) is 6.42 Å². The number of anilines is 1. The van der Waals surface area contributed by atoms with Gasteiger partial charge in [0.05, 0.1) is 23.7 Å². The van der Waals surface area contributed by atoms with Gasteiger partial charge in [-0.05, 0) is 43.5 Å². The maximum absolute atomic E-state index is 8.71. The van der Waals surface area contributed by atoms with Crippen molar-refractivity contribution in [3.05, 3.63) is 36.0 Å². The zero-order valence-electron chi connectivity index (χ0n) is 11.0. The molecule has 1 aliphatic heterocycles. The number of benzene rings is 1. The first-order chi connectivity index (χ1) is 9.36. The SMILES string of the molecule is N#CCc1ccc2cc(N3CCCCC3)ccc2n1. The summed E-state index contributed by atoms with van der Waals surface area (Å²) in [5, 5.41) is 9.87. The van der Waals surface area contributed by atoms with Crippen LogP contribution in [0.1, 0.15) is 25.0 Å². The van der Waals surface area contributed by atoms with Crippen LogP contribution >= 0.6 is 0 Å². The highest BCUT2D eigenvalue weighted by Gasteiger charge is 2.11. The smallest absolute Gasteiger partial charge is 0.0774 e. The molecule has 2 aromatic rings. The van der Waals surface area contributed by atoms with E-state index in [1.54, 1.807) is 0 Å². The molecule has 0 aliphatic carbocycles. The lowest BCUT2D eigenvalue weighted by molar-refractivity contribution is 0.578. The van der Waals surface area contributed by atoms with Gasteiger partial charge in [0, 0.05) is 24.2 Å². The van der Waals surface area contributed by atoms with Gasteiger partial charge in [0.2, 0.25) is 0 Å². The Hall–Kier alpha value is -2.08. The lowest BCUT2D eigenvalue weighted by Crippen LogP contribution is -2.29. The van der Waals surface area contributed by atoms with Crippen LogP contribution in [0.5, 0.6) is 0 Å². The third-order valence-corrected chi connectivity index (χ3v) is 3.71. The lowest BCUT2D eigenvalue weighted by Gasteiger charge is -2.29. The predicted molar refractivity (Wildman–Crippen MR) is 77.1 cm³/mol. The quantitative estimate of drug-likeness (QED) is 0.822. The summed E-state index contributed by atoms with van der Waals surface area (Å²) in [6.45, 7) is 2.32. The van der Waals surface area contributed by atoms with Crippen molar-refractivity contribution >= 4 is 16.6 Å². The minimum atomic E-state index is 0.379. The van der Waals surface area contributed by atoms with E-state index >= 15 is 0 Å². The van der Waals surface area contributed by atoms with E-state index in [1.165, 1.54) is 24.9 Å². The van der Waals surface area contributed by atoms with Crippen LogP contribution in [0.4, 0.5) is 5.69 Å². The molecule has 0 N–H and O–H groups in total. The van der Waals surface area contributed by atoms with Crippen molar-refractivity contribution in [2.45, 2.75) is 25.7 Å². The van der Waals surface area contributed by atoms with Gasteiger partial charge in [0.15, 0.2) is 0 Å². The molecule has 1 aromatic heterocycles. The molecule has 1 fully saturated rings. The number of rotatable bonds is 2. The van der Waals surface area contributed by atoms with E-state index in [-0.39, 0.29) is 0 Å². The first-order valence-electron chi connectivity index (χ1n) is 6.88. The molecule has 1 aliphatic rings. The number of pyridine rings is 1.